The second-order valence-electron chi connectivity index (χ2n) is 7.10. The first-order valence-corrected chi connectivity index (χ1v) is 9.91. The number of nitrogens with zero attached hydrogens (tertiary/aromatic N) is 2. The van der Waals surface area contributed by atoms with Gasteiger partial charge in [-0.15, -0.1) is 0 Å². The number of anilines is 1. The van der Waals surface area contributed by atoms with Crippen molar-refractivity contribution in [1.29, 1.82) is 0 Å². The van der Waals surface area contributed by atoms with E-state index in [1.54, 1.807) is 32.4 Å². The minimum absolute atomic E-state index is 0.153. The second kappa shape index (κ2) is 10.8. The number of methoxy groups -OCH3 is 1. The SMILES string of the molecule is CN=C(NCc1ccc(COC)cc1)NC1CCN(c2ccccc2OC(F)F)C1. The molecule has 1 unspecified atom stereocenters. The molecular formula is C22H28F2N4O2. The first-order valence-electron chi connectivity index (χ1n) is 9.91. The lowest BCUT2D eigenvalue weighted by atomic mass is 10.1. The van der Waals surface area contributed by atoms with Gasteiger partial charge >= 0.3 is 6.61 Å². The van der Waals surface area contributed by atoms with Crippen LogP contribution >= 0.6 is 0 Å². The third kappa shape index (κ3) is 6.06. The van der Waals surface area contributed by atoms with E-state index < -0.39 is 6.61 Å². The van der Waals surface area contributed by atoms with E-state index in [0.717, 1.165) is 24.1 Å². The summed E-state index contributed by atoms with van der Waals surface area (Å²) < 4.78 is 35.2. The van der Waals surface area contributed by atoms with Gasteiger partial charge in [-0.1, -0.05) is 36.4 Å². The smallest absolute Gasteiger partial charge is 0.387 e. The van der Waals surface area contributed by atoms with Gasteiger partial charge < -0.3 is 25.0 Å². The normalized spacial score (nSPS) is 16.8. The second-order valence-corrected chi connectivity index (χ2v) is 7.10. The molecule has 6 nitrogen and oxygen atoms in total. The molecule has 2 aromatic rings. The molecule has 1 aliphatic rings. The van der Waals surface area contributed by atoms with Crippen molar-refractivity contribution in [1.82, 2.24) is 10.6 Å². The van der Waals surface area contributed by atoms with Gasteiger partial charge in [-0.25, -0.2) is 0 Å². The fourth-order valence-electron chi connectivity index (χ4n) is 3.50. The molecule has 30 heavy (non-hydrogen) atoms. The molecule has 1 fully saturated rings. The molecule has 1 heterocycles. The lowest BCUT2D eigenvalue weighted by Crippen LogP contribution is -2.44. The van der Waals surface area contributed by atoms with Crippen molar-refractivity contribution in [3.8, 4) is 5.75 Å². The quantitative estimate of drug-likeness (QED) is 0.509. The Morgan fingerprint density at radius 1 is 1.17 bits per heavy atom. The number of benzene rings is 2. The summed E-state index contributed by atoms with van der Waals surface area (Å²) in [5, 5.41) is 6.74. The average Bonchev–Trinajstić information content (AvgIpc) is 3.20. The molecule has 0 radical (unpaired) electrons. The summed E-state index contributed by atoms with van der Waals surface area (Å²) in [5.41, 5.74) is 2.95. The molecule has 2 aromatic carbocycles. The highest BCUT2D eigenvalue weighted by atomic mass is 19.3. The molecular weight excluding hydrogens is 390 g/mol. The highest BCUT2D eigenvalue weighted by Gasteiger charge is 2.26. The molecule has 162 valence electrons. The molecule has 0 spiro atoms. The van der Waals surface area contributed by atoms with Crippen molar-refractivity contribution in [2.75, 3.05) is 32.1 Å². The number of halogens is 2. The molecule has 2 N–H and O–H groups in total. The van der Waals surface area contributed by atoms with Crippen LogP contribution in [0, 0.1) is 0 Å². The van der Waals surface area contributed by atoms with Crippen molar-refractivity contribution in [3.63, 3.8) is 0 Å². The number of nitrogens with one attached hydrogen (secondary N) is 2. The highest BCUT2D eigenvalue weighted by Crippen LogP contribution is 2.31. The predicted octanol–water partition coefficient (Wildman–Crippen LogP) is 3.38. The average molecular weight is 418 g/mol. The molecule has 0 bridgehead atoms. The third-order valence-corrected chi connectivity index (χ3v) is 4.97. The highest BCUT2D eigenvalue weighted by molar-refractivity contribution is 5.80. The van der Waals surface area contributed by atoms with Crippen LogP contribution in [0.15, 0.2) is 53.5 Å². The molecule has 1 aliphatic heterocycles. The van der Waals surface area contributed by atoms with Gasteiger partial charge in [-0.2, -0.15) is 8.78 Å². The summed E-state index contributed by atoms with van der Waals surface area (Å²) in [5.74, 6) is 0.910. The first-order chi connectivity index (χ1) is 14.6. The number of para-hydroxylation sites is 2. The number of ether oxygens (including phenoxy) is 2. The summed E-state index contributed by atoms with van der Waals surface area (Å²) in [7, 11) is 3.41. The van der Waals surface area contributed by atoms with Crippen LogP contribution in [0.5, 0.6) is 5.75 Å². The van der Waals surface area contributed by atoms with E-state index in [1.807, 2.05) is 18.2 Å². The number of aliphatic imine (C=N–C) groups is 1. The molecule has 0 amide bonds. The summed E-state index contributed by atoms with van der Waals surface area (Å²) >= 11 is 0. The maximum absolute atomic E-state index is 12.7. The lowest BCUT2D eigenvalue weighted by molar-refractivity contribution is -0.0495. The Labute approximate surface area is 175 Å². The van der Waals surface area contributed by atoms with Gasteiger partial charge in [0.15, 0.2) is 5.96 Å². The van der Waals surface area contributed by atoms with Crippen molar-refractivity contribution in [3.05, 3.63) is 59.7 Å². The summed E-state index contributed by atoms with van der Waals surface area (Å²) in [6.45, 7) is -0.168. The Morgan fingerprint density at radius 2 is 1.90 bits per heavy atom. The third-order valence-electron chi connectivity index (χ3n) is 4.97. The van der Waals surface area contributed by atoms with Crippen LogP contribution in [0.25, 0.3) is 0 Å². The van der Waals surface area contributed by atoms with Crippen LogP contribution in [-0.2, 0) is 17.9 Å². The zero-order chi connectivity index (χ0) is 21.3. The maximum Gasteiger partial charge on any atom is 0.387 e. The van der Waals surface area contributed by atoms with E-state index in [4.69, 9.17) is 4.74 Å². The van der Waals surface area contributed by atoms with Gasteiger partial charge in [0.2, 0.25) is 0 Å². The Balaban J connectivity index is 1.53. The zero-order valence-corrected chi connectivity index (χ0v) is 17.3. The summed E-state index contributed by atoms with van der Waals surface area (Å²) in [6, 6.07) is 15.3. The molecule has 1 saturated heterocycles. The Hall–Kier alpha value is -2.87. The number of guanidine groups is 1. The Morgan fingerprint density at radius 3 is 2.60 bits per heavy atom. The maximum atomic E-state index is 12.7. The topological polar surface area (TPSA) is 58.1 Å². The van der Waals surface area contributed by atoms with Gasteiger partial charge in [-0.3, -0.25) is 4.99 Å². The van der Waals surface area contributed by atoms with Crippen LogP contribution in [0.2, 0.25) is 0 Å². The van der Waals surface area contributed by atoms with Crippen molar-refractivity contribution < 1.29 is 18.3 Å². The van der Waals surface area contributed by atoms with Crippen LogP contribution in [0.3, 0.4) is 0 Å². The Bertz CT molecular complexity index is 830. The largest absolute Gasteiger partial charge is 0.433 e. The van der Waals surface area contributed by atoms with Gasteiger partial charge in [-0.05, 0) is 29.7 Å². The minimum Gasteiger partial charge on any atom is -0.433 e. The van der Waals surface area contributed by atoms with E-state index in [1.165, 1.54) is 0 Å². The monoisotopic (exact) mass is 418 g/mol. The first kappa shape index (κ1) is 21.8. The summed E-state index contributed by atoms with van der Waals surface area (Å²) in [6.07, 6.45) is 0.870. The van der Waals surface area contributed by atoms with Crippen LogP contribution in [0.1, 0.15) is 17.5 Å². The number of alkyl halides is 2. The summed E-state index contributed by atoms with van der Waals surface area (Å²) in [4.78, 5) is 6.35. The standard InChI is InChI=1S/C22H28F2N4O2/c1-25-22(26-13-16-7-9-17(10-8-16)15-29-2)27-18-11-12-28(14-18)19-5-3-4-6-20(19)30-21(23)24/h3-10,18,21H,11-15H2,1-2H3,(H2,25,26,27). The van der Waals surface area contributed by atoms with Gasteiger partial charge in [0.05, 0.1) is 12.3 Å². The van der Waals surface area contributed by atoms with Gasteiger partial charge in [0.1, 0.15) is 5.75 Å². The number of hydrogen-bond donors (Lipinski definition) is 2. The van der Waals surface area contributed by atoms with E-state index in [9.17, 15) is 8.78 Å². The molecule has 3 rings (SSSR count). The van der Waals surface area contributed by atoms with Crippen LogP contribution < -0.4 is 20.3 Å². The minimum atomic E-state index is -2.84. The molecule has 0 aliphatic carbocycles. The van der Waals surface area contributed by atoms with Crippen molar-refractivity contribution >= 4 is 11.6 Å². The van der Waals surface area contributed by atoms with Crippen LogP contribution in [0.4, 0.5) is 14.5 Å². The van der Waals surface area contributed by atoms with E-state index in [2.05, 4.69) is 37.4 Å². The molecule has 0 saturated carbocycles. The van der Waals surface area contributed by atoms with Crippen molar-refractivity contribution in [2.24, 2.45) is 4.99 Å². The fourth-order valence-corrected chi connectivity index (χ4v) is 3.50. The predicted molar refractivity (Wildman–Crippen MR) is 114 cm³/mol. The zero-order valence-electron chi connectivity index (χ0n) is 17.3. The molecule has 1 atom stereocenters. The molecule has 0 aromatic heterocycles. The number of hydrogen-bond acceptors (Lipinski definition) is 4. The van der Waals surface area contributed by atoms with E-state index in [-0.39, 0.29) is 11.8 Å². The number of rotatable bonds is 8. The molecule has 8 heteroatoms. The fraction of sp³-hybridized carbons (Fsp3) is 0.409. The van der Waals surface area contributed by atoms with Crippen LogP contribution in [-0.4, -0.2) is 45.9 Å². The van der Waals surface area contributed by atoms with E-state index in [0.29, 0.717) is 31.3 Å². The van der Waals surface area contributed by atoms with Gasteiger partial charge in [0, 0.05) is 39.8 Å². The lowest BCUT2D eigenvalue weighted by Gasteiger charge is -2.22. The van der Waals surface area contributed by atoms with E-state index >= 15 is 0 Å². The Kier molecular flexibility index (Phi) is 7.84. The van der Waals surface area contributed by atoms with Crippen molar-refractivity contribution in [2.45, 2.75) is 32.2 Å². The van der Waals surface area contributed by atoms with Gasteiger partial charge in [0.25, 0.3) is 0 Å².